The lowest BCUT2D eigenvalue weighted by Gasteiger charge is -2.40. The van der Waals surface area contributed by atoms with E-state index in [4.69, 9.17) is 11.6 Å². The van der Waals surface area contributed by atoms with Gasteiger partial charge < -0.3 is 15.5 Å². The van der Waals surface area contributed by atoms with Gasteiger partial charge in [-0.3, -0.25) is 5.10 Å². The van der Waals surface area contributed by atoms with Crippen LogP contribution in [0.4, 0.5) is 17.6 Å². The summed E-state index contributed by atoms with van der Waals surface area (Å²) in [6.07, 6.45) is 7.91. The van der Waals surface area contributed by atoms with Crippen molar-refractivity contribution < 1.29 is 0 Å². The number of H-pyrrole nitrogens is 1. The highest BCUT2D eigenvalue weighted by Crippen LogP contribution is 2.42. The molecular weight excluding hydrogens is 350 g/mol. The molecule has 0 unspecified atom stereocenters. The molecular formula is C18H26ClN7. The fourth-order valence-electron chi connectivity index (χ4n) is 4.21. The van der Waals surface area contributed by atoms with Crippen molar-refractivity contribution in [3.05, 3.63) is 23.0 Å². The van der Waals surface area contributed by atoms with Crippen LogP contribution in [0.2, 0.25) is 5.02 Å². The molecule has 0 amide bonds. The molecule has 2 aromatic rings. The predicted octanol–water partition coefficient (Wildman–Crippen LogP) is 3.26. The minimum absolute atomic E-state index is 0.475. The SMILES string of the molecule is Cc1cc(Nc2nc(N(C)C3CCC4(CCNC4)CC3)ncc2Cl)n[nH]1. The molecule has 7 nitrogen and oxygen atoms in total. The van der Waals surface area contributed by atoms with E-state index in [2.05, 4.69) is 42.7 Å². The van der Waals surface area contributed by atoms with E-state index in [-0.39, 0.29) is 0 Å². The Labute approximate surface area is 158 Å². The Hall–Kier alpha value is -1.86. The molecule has 0 radical (unpaired) electrons. The molecule has 3 N–H and O–H groups in total. The van der Waals surface area contributed by atoms with Crippen LogP contribution in [0.5, 0.6) is 0 Å². The van der Waals surface area contributed by atoms with Crippen LogP contribution in [0, 0.1) is 12.3 Å². The third kappa shape index (κ3) is 3.50. The van der Waals surface area contributed by atoms with Gasteiger partial charge >= 0.3 is 0 Å². The van der Waals surface area contributed by atoms with Crippen LogP contribution in [-0.2, 0) is 0 Å². The van der Waals surface area contributed by atoms with Gasteiger partial charge in [-0.2, -0.15) is 10.1 Å². The summed E-state index contributed by atoms with van der Waals surface area (Å²) in [5, 5.41) is 14.3. The Kier molecular flexibility index (Phi) is 4.75. The largest absolute Gasteiger partial charge is 0.341 e. The summed E-state index contributed by atoms with van der Waals surface area (Å²) in [6.45, 7) is 4.30. The normalized spacial score (nSPS) is 25.6. The van der Waals surface area contributed by atoms with Crippen LogP contribution in [0.25, 0.3) is 0 Å². The van der Waals surface area contributed by atoms with Gasteiger partial charge in [-0.05, 0) is 51.0 Å². The Bertz CT molecular complexity index is 759. The summed E-state index contributed by atoms with van der Waals surface area (Å²) < 4.78 is 0. The van der Waals surface area contributed by atoms with Crippen molar-refractivity contribution in [2.75, 3.05) is 30.4 Å². The standard InChI is InChI=1S/C18H26ClN7/c1-12-9-15(25-24-12)22-16-14(19)10-21-17(23-16)26(2)13-3-5-18(6-4-13)7-8-20-11-18/h9-10,13,20H,3-8,11H2,1-2H3,(H2,21,22,23,24,25). The summed E-state index contributed by atoms with van der Waals surface area (Å²) >= 11 is 6.27. The Morgan fingerprint density at radius 3 is 2.77 bits per heavy atom. The number of hydrogen-bond donors (Lipinski definition) is 3. The third-order valence-corrected chi connectivity index (χ3v) is 6.17. The predicted molar refractivity (Wildman–Crippen MR) is 104 cm³/mol. The van der Waals surface area contributed by atoms with Crippen molar-refractivity contribution in [1.29, 1.82) is 0 Å². The lowest BCUT2D eigenvalue weighted by atomic mass is 9.72. The Morgan fingerprint density at radius 2 is 2.12 bits per heavy atom. The maximum absolute atomic E-state index is 6.27. The highest BCUT2D eigenvalue weighted by molar-refractivity contribution is 6.32. The summed E-state index contributed by atoms with van der Waals surface area (Å²) in [6, 6.07) is 2.39. The molecule has 0 atom stereocenters. The second-order valence-corrected chi connectivity index (χ2v) is 8.10. The molecule has 0 bridgehead atoms. The van der Waals surface area contributed by atoms with E-state index in [1.807, 2.05) is 13.0 Å². The van der Waals surface area contributed by atoms with Gasteiger partial charge in [0, 0.05) is 31.4 Å². The average Bonchev–Trinajstić information content (AvgIpc) is 3.26. The highest BCUT2D eigenvalue weighted by atomic mass is 35.5. The zero-order valence-electron chi connectivity index (χ0n) is 15.3. The zero-order chi connectivity index (χ0) is 18.1. The molecule has 26 heavy (non-hydrogen) atoms. The second-order valence-electron chi connectivity index (χ2n) is 7.70. The van der Waals surface area contributed by atoms with Crippen LogP contribution in [0.1, 0.15) is 37.8 Å². The van der Waals surface area contributed by atoms with Gasteiger partial charge in [-0.15, -0.1) is 0 Å². The van der Waals surface area contributed by atoms with Crippen LogP contribution in [0.15, 0.2) is 12.3 Å². The minimum atomic E-state index is 0.475. The molecule has 140 valence electrons. The lowest BCUT2D eigenvalue weighted by molar-refractivity contribution is 0.197. The number of anilines is 3. The fraction of sp³-hybridized carbons (Fsp3) is 0.611. The Balaban J connectivity index is 1.46. The molecule has 2 fully saturated rings. The van der Waals surface area contributed by atoms with Crippen LogP contribution in [-0.4, -0.2) is 46.3 Å². The molecule has 3 heterocycles. The Morgan fingerprint density at radius 1 is 1.31 bits per heavy atom. The first kappa shape index (κ1) is 17.5. The van der Waals surface area contributed by atoms with Gasteiger partial charge in [0.15, 0.2) is 11.6 Å². The van der Waals surface area contributed by atoms with Gasteiger partial charge in [-0.1, -0.05) is 11.6 Å². The average molecular weight is 376 g/mol. The third-order valence-electron chi connectivity index (χ3n) is 5.89. The monoisotopic (exact) mass is 375 g/mol. The summed E-state index contributed by atoms with van der Waals surface area (Å²) in [4.78, 5) is 11.3. The molecule has 2 aromatic heterocycles. The smallest absolute Gasteiger partial charge is 0.227 e. The van der Waals surface area contributed by atoms with E-state index in [0.717, 1.165) is 5.69 Å². The van der Waals surface area contributed by atoms with Crippen LogP contribution in [0.3, 0.4) is 0 Å². The molecule has 8 heteroatoms. The first-order valence-electron chi connectivity index (χ1n) is 9.30. The van der Waals surface area contributed by atoms with E-state index in [1.165, 1.54) is 45.2 Å². The van der Waals surface area contributed by atoms with Crippen LogP contribution < -0.4 is 15.5 Å². The summed E-state index contributed by atoms with van der Waals surface area (Å²) in [7, 11) is 2.08. The molecule has 1 aliphatic heterocycles. The number of hydrogen-bond acceptors (Lipinski definition) is 6. The molecule has 1 saturated heterocycles. The van der Waals surface area contributed by atoms with Gasteiger partial charge in [0.1, 0.15) is 5.02 Å². The van der Waals surface area contributed by atoms with E-state index in [1.54, 1.807) is 6.20 Å². The number of aryl methyl sites for hydroxylation is 1. The molecule has 1 aliphatic carbocycles. The summed E-state index contributed by atoms with van der Waals surface area (Å²) in [5.41, 5.74) is 1.51. The number of halogens is 1. The molecule has 1 saturated carbocycles. The fourth-order valence-corrected chi connectivity index (χ4v) is 4.34. The zero-order valence-corrected chi connectivity index (χ0v) is 16.1. The molecule has 0 aromatic carbocycles. The quantitative estimate of drug-likeness (QED) is 0.760. The van der Waals surface area contributed by atoms with Crippen molar-refractivity contribution in [1.82, 2.24) is 25.5 Å². The van der Waals surface area contributed by atoms with Crippen molar-refractivity contribution >= 4 is 29.2 Å². The minimum Gasteiger partial charge on any atom is -0.341 e. The van der Waals surface area contributed by atoms with Crippen molar-refractivity contribution in [3.63, 3.8) is 0 Å². The highest BCUT2D eigenvalue weighted by Gasteiger charge is 2.38. The van der Waals surface area contributed by atoms with Gasteiger partial charge in [0.05, 0.1) is 6.20 Å². The number of nitrogens with one attached hydrogen (secondary N) is 3. The van der Waals surface area contributed by atoms with Gasteiger partial charge in [0.2, 0.25) is 5.95 Å². The second kappa shape index (κ2) is 7.04. The maximum Gasteiger partial charge on any atom is 0.227 e. The molecule has 1 spiro atoms. The molecule has 2 aliphatic rings. The molecule has 4 rings (SSSR count). The van der Waals surface area contributed by atoms with E-state index >= 15 is 0 Å². The number of rotatable bonds is 4. The van der Waals surface area contributed by atoms with Crippen molar-refractivity contribution in [2.24, 2.45) is 5.41 Å². The van der Waals surface area contributed by atoms with E-state index in [9.17, 15) is 0 Å². The topological polar surface area (TPSA) is 81.8 Å². The van der Waals surface area contributed by atoms with Gasteiger partial charge in [0.25, 0.3) is 0 Å². The first-order chi connectivity index (χ1) is 12.5. The van der Waals surface area contributed by atoms with Crippen molar-refractivity contribution in [2.45, 2.75) is 45.1 Å². The lowest BCUT2D eigenvalue weighted by Crippen LogP contribution is -2.40. The van der Waals surface area contributed by atoms with Gasteiger partial charge in [-0.25, -0.2) is 4.98 Å². The van der Waals surface area contributed by atoms with E-state index in [0.29, 0.717) is 34.1 Å². The number of aromatic amines is 1. The van der Waals surface area contributed by atoms with E-state index < -0.39 is 0 Å². The van der Waals surface area contributed by atoms with Crippen LogP contribution >= 0.6 is 11.6 Å². The number of nitrogens with zero attached hydrogens (tertiary/aromatic N) is 4. The van der Waals surface area contributed by atoms with Crippen molar-refractivity contribution in [3.8, 4) is 0 Å². The summed E-state index contributed by atoms with van der Waals surface area (Å²) in [5.74, 6) is 1.99. The first-order valence-corrected chi connectivity index (χ1v) is 9.68. The number of aromatic nitrogens is 4. The maximum atomic E-state index is 6.27.